The Bertz CT molecular complexity index is 977. The van der Waals surface area contributed by atoms with Gasteiger partial charge in [-0.25, -0.2) is 0 Å². The zero-order chi connectivity index (χ0) is 16.8. The smallest absolute Gasteiger partial charge is 0.308 e. The number of rotatable bonds is 2. The summed E-state index contributed by atoms with van der Waals surface area (Å²) in [6.45, 7) is 1.99. The third-order valence-corrected chi connectivity index (χ3v) is 3.86. The number of hydrogen-bond acceptors (Lipinski definition) is 1. The molecule has 0 radical (unpaired) electrons. The van der Waals surface area contributed by atoms with E-state index in [1.54, 1.807) is 16.5 Å². The highest BCUT2D eigenvalue weighted by atomic mass is 19.4. The summed E-state index contributed by atoms with van der Waals surface area (Å²) in [7, 11) is 1.49. The molecule has 0 bridgehead atoms. The van der Waals surface area contributed by atoms with Crippen molar-refractivity contribution in [2.45, 2.75) is 19.5 Å². The van der Waals surface area contributed by atoms with Crippen molar-refractivity contribution in [2.75, 3.05) is 0 Å². The monoisotopic (exact) mass is 320 g/mol. The van der Waals surface area contributed by atoms with Crippen LogP contribution in [0.2, 0.25) is 0 Å². The first-order chi connectivity index (χ1) is 10.8. The molecule has 0 unspecified atom stereocenters. The Balaban J connectivity index is 2.44. The lowest BCUT2D eigenvalue weighted by molar-refractivity contribution is -0.137. The van der Waals surface area contributed by atoms with E-state index in [-0.39, 0.29) is 11.1 Å². The van der Waals surface area contributed by atoms with E-state index in [0.29, 0.717) is 11.0 Å². The minimum atomic E-state index is -4.44. The van der Waals surface area contributed by atoms with Crippen LogP contribution in [-0.4, -0.2) is 8.97 Å². The summed E-state index contributed by atoms with van der Waals surface area (Å²) < 4.78 is 41.8. The summed E-state index contributed by atoms with van der Waals surface area (Å²) in [6.07, 6.45) is 0.188. The Labute approximate surface area is 130 Å². The highest BCUT2D eigenvalue weighted by Gasteiger charge is 2.31. The quantitative estimate of drug-likeness (QED) is 0.694. The average Bonchev–Trinajstić information content (AvgIpc) is 2.93. The predicted octanol–water partition coefficient (Wildman–Crippen LogP) is 4.23. The molecule has 0 atom stereocenters. The summed E-state index contributed by atoms with van der Waals surface area (Å²) in [4.78, 5) is 12.4. The van der Waals surface area contributed by atoms with Crippen molar-refractivity contribution in [3.63, 3.8) is 0 Å². The molecule has 6 heteroatoms. The van der Waals surface area contributed by atoms with Crippen LogP contribution in [0.25, 0.3) is 22.6 Å². The molecule has 0 aliphatic carbocycles. The molecule has 0 fully saturated rings. The van der Waals surface area contributed by atoms with Crippen molar-refractivity contribution in [3.8, 4) is 0 Å². The number of benzene rings is 1. The molecule has 2 aromatic heterocycles. The van der Waals surface area contributed by atoms with Crippen molar-refractivity contribution in [1.82, 2.24) is 8.97 Å². The third-order valence-electron chi connectivity index (χ3n) is 3.86. The second kappa shape index (κ2) is 5.30. The van der Waals surface area contributed by atoms with Crippen molar-refractivity contribution in [1.29, 1.82) is 0 Å². The third kappa shape index (κ3) is 2.44. The van der Waals surface area contributed by atoms with Gasteiger partial charge in [0.25, 0.3) is 5.56 Å². The minimum absolute atomic E-state index is 0.250. The lowest BCUT2D eigenvalue weighted by Gasteiger charge is -2.13. The molecule has 0 N–H and O–H groups in total. The Kier molecular flexibility index (Phi) is 3.55. The fourth-order valence-electron chi connectivity index (χ4n) is 2.70. The van der Waals surface area contributed by atoms with Crippen LogP contribution in [0, 0.1) is 0 Å². The number of fused-ring (bicyclic) bond motifs is 3. The van der Waals surface area contributed by atoms with E-state index in [2.05, 4.69) is 0 Å². The summed E-state index contributed by atoms with van der Waals surface area (Å²) in [6, 6.07) is 6.95. The van der Waals surface area contributed by atoms with Gasteiger partial charge in [0.15, 0.2) is 0 Å². The first kappa shape index (κ1) is 15.4. The van der Waals surface area contributed by atoms with Crippen LogP contribution in [-0.2, 0) is 13.2 Å². The van der Waals surface area contributed by atoms with Gasteiger partial charge in [0.05, 0.1) is 16.6 Å². The lowest BCUT2D eigenvalue weighted by Crippen LogP contribution is -2.20. The molecule has 2 heterocycles. The number of aryl methyl sites for hydroxylation is 1. The van der Waals surface area contributed by atoms with E-state index in [1.807, 2.05) is 19.1 Å². The first-order valence-electron chi connectivity index (χ1n) is 7.22. The van der Waals surface area contributed by atoms with Crippen molar-refractivity contribution in [3.05, 3.63) is 58.0 Å². The van der Waals surface area contributed by atoms with E-state index >= 15 is 0 Å². The highest BCUT2D eigenvalue weighted by molar-refractivity contribution is 5.81. The topological polar surface area (TPSA) is 26.4 Å². The first-order valence-corrected chi connectivity index (χ1v) is 7.22. The fraction of sp³-hybridized carbons (Fsp3) is 0.235. The molecule has 0 aliphatic rings. The van der Waals surface area contributed by atoms with Gasteiger partial charge in [-0.2, -0.15) is 13.2 Å². The molecule has 0 aliphatic heterocycles. The molecule has 3 nitrogen and oxygen atoms in total. The summed E-state index contributed by atoms with van der Waals surface area (Å²) in [5, 5.41) is 0. The van der Waals surface area contributed by atoms with E-state index in [4.69, 9.17) is 0 Å². The van der Waals surface area contributed by atoms with Crippen LogP contribution in [0.15, 0.2) is 41.2 Å². The minimum Gasteiger partial charge on any atom is -0.308 e. The molecule has 0 amide bonds. The fourth-order valence-corrected chi connectivity index (χ4v) is 2.70. The Morgan fingerprint density at radius 2 is 1.78 bits per heavy atom. The molecule has 0 saturated carbocycles. The SMILES string of the molecule is CC/C=C/c1ccc2c(=O)n(C)c3cc(C(F)(F)F)ccc3n12. The standard InChI is InChI=1S/C17H15F3N2O/c1-3-4-5-12-7-9-14-16(23)21(2)15-10-11(17(18,19)20)6-8-13(15)22(12)14/h4-10H,3H2,1-2H3/b5-4+. The van der Waals surface area contributed by atoms with Crippen molar-refractivity contribution in [2.24, 2.45) is 7.05 Å². The normalized spacial score (nSPS) is 12.7. The van der Waals surface area contributed by atoms with E-state index in [1.165, 1.54) is 17.7 Å². The lowest BCUT2D eigenvalue weighted by atomic mass is 10.1. The highest BCUT2D eigenvalue weighted by Crippen LogP contribution is 2.31. The molecule has 120 valence electrons. The van der Waals surface area contributed by atoms with Gasteiger partial charge in [-0.3, -0.25) is 4.79 Å². The zero-order valence-electron chi connectivity index (χ0n) is 12.7. The number of aromatic nitrogens is 2. The molecular weight excluding hydrogens is 305 g/mol. The van der Waals surface area contributed by atoms with Gasteiger partial charge < -0.3 is 8.97 Å². The predicted molar refractivity (Wildman–Crippen MR) is 84.5 cm³/mol. The largest absolute Gasteiger partial charge is 0.416 e. The number of halogens is 3. The van der Waals surface area contributed by atoms with Gasteiger partial charge in [0.2, 0.25) is 0 Å². The molecule has 23 heavy (non-hydrogen) atoms. The van der Waals surface area contributed by atoms with Crippen LogP contribution in [0.4, 0.5) is 13.2 Å². The maximum Gasteiger partial charge on any atom is 0.416 e. The second-order valence-electron chi connectivity index (χ2n) is 5.35. The van der Waals surface area contributed by atoms with Gasteiger partial charge in [0.1, 0.15) is 5.52 Å². The van der Waals surface area contributed by atoms with Gasteiger partial charge in [0, 0.05) is 12.7 Å². The number of nitrogens with zero attached hydrogens (tertiary/aromatic N) is 2. The van der Waals surface area contributed by atoms with E-state index < -0.39 is 11.7 Å². The molecule has 1 aromatic carbocycles. The van der Waals surface area contributed by atoms with Crippen molar-refractivity contribution < 1.29 is 13.2 Å². The molecule has 3 aromatic rings. The van der Waals surface area contributed by atoms with Crippen LogP contribution >= 0.6 is 0 Å². The summed E-state index contributed by atoms with van der Waals surface area (Å²) in [5.41, 5.74) is 0.931. The van der Waals surface area contributed by atoms with Crippen LogP contribution in [0.1, 0.15) is 24.6 Å². The Hall–Kier alpha value is -2.50. The maximum atomic E-state index is 12.9. The molecule has 0 saturated heterocycles. The number of hydrogen-bond donors (Lipinski definition) is 0. The van der Waals surface area contributed by atoms with E-state index in [9.17, 15) is 18.0 Å². The maximum absolute atomic E-state index is 12.9. The zero-order valence-corrected chi connectivity index (χ0v) is 12.7. The second-order valence-corrected chi connectivity index (χ2v) is 5.35. The van der Waals surface area contributed by atoms with Gasteiger partial charge in [-0.15, -0.1) is 0 Å². The molecular formula is C17H15F3N2O. The van der Waals surface area contributed by atoms with Crippen LogP contribution in [0.5, 0.6) is 0 Å². The van der Waals surface area contributed by atoms with E-state index in [0.717, 1.165) is 24.2 Å². The van der Waals surface area contributed by atoms with Gasteiger partial charge in [-0.05, 0) is 42.8 Å². The Morgan fingerprint density at radius 3 is 2.43 bits per heavy atom. The molecule has 3 rings (SSSR count). The summed E-state index contributed by atoms with van der Waals surface area (Å²) >= 11 is 0. The Morgan fingerprint density at radius 1 is 1.09 bits per heavy atom. The van der Waals surface area contributed by atoms with Crippen LogP contribution < -0.4 is 5.56 Å². The molecule has 0 spiro atoms. The van der Waals surface area contributed by atoms with Gasteiger partial charge in [-0.1, -0.05) is 13.0 Å². The van der Waals surface area contributed by atoms with Crippen LogP contribution in [0.3, 0.4) is 0 Å². The average molecular weight is 320 g/mol. The van der Waals surface area contributed by atoms with Crippen molar-refractivity contribution >= 4 is 22.6 Å². The summed E-state index contributed by atoms with van der Waals surface area (Å²) in [5.74, 6) is 0. The number of alkyl halides is 3. The number of allylic oxidation sites excluding steroid dienone is 1. The van der Waals surface area contributed by atoms with Gasteiger partial charge >= 0.3 is 6.18 Å².